The third-order valence-electron chi connectivity index (χ3n) is 2.61. The van der Waals surface area contributed by atoms with Gasteiger partial charge >= 0.3 is 5.97 Å². The van der Waals surface area contributed by atoms with Gasteiger partial charge in [0.15, 0.2) is 11.4 Å². The predicted molar refractivity (Wildman–Crippen MR) is 60.4 cm³/mol. The SMILES string of the molecule is Cc1ccc(OC2CCCOC2)c(C(=O)O)n1. The highest BCUT2D eigenvalue weighted by Gasteiger charge is 2.20. The molecule has 0 aliphatic carbocycles. The molecule has 1 unspecified atom stereocenters. The Morgan fingerprint density at radius 1 is 1.59 bits per heavy atom. The number of carbonyl (C=O) groups is 1. The van der Waals surface area contributed by atoms with Crippen molar-refractivity contribution in [2.75, 3.05) is 13.2 Å². The van der Waals surface area contributed by atoms with Crippen molar-refractivity contribution in [3.05, 3.63) is 23.5 Å². The Bertz CT molecular complexity index is 413. The van der Waals surface area contributed by atoms with E-state index in [1.807, 2.05) is 0 Å². The van der Waals surface area contributed by atoms with Crippen LogP contribution in [-0.2, 0) is 4.74 Å². The first-order valence-electron chi connectivity index (χ1n) is 5.62. The summed E-state index contributed by atoms with van der Waals surface area (Å²) >= 11 is 0. The quantitative estimate of drug-likeness (QED) is 0.865. The van der Waals surface area contributed by atoms with Crippen LogP contribution in [0.3, 0.4) is 0 Å². The average molecular weight is 237 g/mol. The summed E-state index contributed by atoms with van der Waals surface area (Å²) in [6.45, 7) is 3.00. The van der Waals surface area contributed by atoms with Gasteiger partial charge in [-0.05, 0) is 31.9 Å². The number of aryl methyl sites for hydroxylation is 1. The fourth-order valence-corrected chi connectivity index (χ4v) is 1.78. The lowest BCUT2D eigenvalue weighted by molar-refractivity contribution is 0.00656. The standard InChI is InChI=1S/C12H15NO4/c1-8-4-5-10(11(13-8)12(14)15)17-9-3-2-6-16-7-9/h4-5,9H,2-3,6-7H2,1H3,(H,14,15). The minimum absolute atomic E-state index is 0.0319. The average Bonchev–Trinajstić information content (AvgIpc) is 2.32. The van der Waals surface area contributed by atoms with E-state index >= 15 is 0 Å². The highest BCUT2D eigenvalue weighted by molar-refractivity contribution is 5.88. The minimum atomic E-state index is -1.07. The zero-order chi connectivity index (χ0) is 12.3. The zero-order valence-electron chi connectivity index (χ0n) is 9.68. The molecule has 2 heterocycles. The summed E-state index contributed by atoms with van der Waals surface area (Å²) in [6, 6.07) is 3.39. The maximum atomic E-state index is 11.0. The molecule has 0 spiro atoms. The van der Waals surface area contributed by atoms with E-state index in [1.54, 1.807) is 19.1 Å². The van der Waals surface area contributed by atoms with Crippen molar-refractivity contribution >= 4 is 5.97 Å². The van der Waals surface area contributed by atoms with E-state index in [2.05, 4.69) is 4.98 Å². The highest BCUT2D eigenvalue weighted by atomic mass is 16.5. The molecule has 0 radical (unpaired) electrons. The molecule has 0 saturated carbocycles. The van der Waals surface area contributed by atoms with Crippen LogP contribution in [-0.4, -0.2) is 35.4 Å². The summed E-state index contributed by atoms with van der Waals surface area (Å²) in [5, 5.41) is 9.05. The molecule has 1 N–H and O–H groups in total. The van der Waals surface area contributed by atoms with E-state index in [0.717, 1.165) is 19.4 Å². The van der Waals surface area contributed by atoms with Gasteiger partial charge in [0, 0.05) is 12.3 Å². The number of aromatic nitrogens is 1. The molecule has 1 aromatic rings. The summed E-state index contributed by atoms with van der Waals surface area (Å²) in [5.74, 6) is -0.751. The molecule has 2 rings (SSSR count). The smallest absolute Gasteiger partial charge is 0.358 e. The van der Waals surface area contributed by atoms with Gasteiger partial charge in [0.25, 0.3) is 0 Å². The van der Waals surface area contributed by atoms with Crippen LogP contribution < -0.4 is 4.74 Å². The van der Waals surface area contributed by atoms with Gasteiger partial charge in [-0.25, -0.2) is 9.78 Å². The van der Waals surface area contributed by atoms with Crippen molar-refractivity contribution in [1.29, 1.82) is 0 Å². The third-order valence-corrected chi connectivity index (χ3v) is 2.61. The number of carboxylic acids is 1. The number of carboxylic acid groups (broad SMARTS) is 1. The summed E-state index contributed by atoms with van der Waals surface area (Å²) in [6.07, 6.45) is 1.74. The van der Waals surface area contributed by atoms with Crippen molar-refractivity contribution in [3.8, 4) is 5.75 Å². The first-order chi connectivity index (χ1) is 8.16. The van der Waals surface area contributed by atoms with E-state index < -0.39 is 5.97 Å². The Balaban J connectivity index is 2.16. The molecule has 0 bridgehead atoms. The topological polar surface area (TPSA) is 68.7 Å². The molecular weight excluding hydrogens is 222 g/mol. The van der Waals surface area contributed by atoms with Crippen molar-refractivity contribution in [1.82, 2.24) is 4.98 Å². The van der Waals surface area contributed by atoms with Gasteiger partial charge in [0.1, 0.15) is 6.10 Å². The third kappa shape index (κ3) is 2.94. The Labute approximate surface area is 99.4 Å². The van der Waals surface area contributed by atoms with Crippen LogP contribution in [0, 0.1) is 6.92 Å². The van der Waals surface area contributed by atoms with Gasteiger partial charge in [0.05, 0.1) is 6.61 Å². The Morgan fingerprint density at radius 2 is 2.41 bits per heavy atom. The van der Waals surface area contributed by atoms with Crippen molar-refractivity contribution in [2.24, 2.45) is 0 Å². The molecule has 92 valence electrons. The molecule has 17 heavy (non-hydrogen) atoms. The molecule has 1 atom stereocenters. The molecule has 1 saturated heterocycles. The number of aromatic carboxylic acids is 1. The second kappa shape index (κ2) is 5.14. The van der Waals surface area contributed by atoms with Crippen LogP contribution in [0.4, 0.5) is 0 Å². The molecule has 0 amide bonds. The molecular formula is C12H15NO4. The summed E-state index contributed by atoms with van der Waals surface area (Å²) in [5.41, 5.74) is 0.630. The lowest BCUT2D eigenvalue weighted by Gasteiger charge is -2.23. The van der Waals surface area contributed by atoms with Gasteiger partial charge in [-0.1, -0.05) is 0 Å². The Morgan fingerprint density at radius 3 is 3.06 bits per heavy atom. The lowest BCUT2D eigenvalue weighted by atomic mass is 10.2. The number of hydrogen-bond acceptors (Lipinski definition) is 4. The van der Waals surface area contributed by atoms with Crippen molar-refractivity contribution in [2.45, 2.75) is 25.9 Å². The van der Waals surface area contributed by atoms with Crippen LogP contribution in [0.1, 0.15) is 29.0 Å². The van der Waals surface area contributed by atoms with Crippen molar-refractivity contribution in [3.63, 3.8) is 0 Å². The first-order valence-corrected chi connectivity index (χ1v) is 5.62. The summed E-state index contributed by atoms with van der Waals surface area (Å²) < 4.78 is 10.9. The number of hydrogen-bond donors (Lipinski definition) is 1. The largest absolute Gasteiger partial charge is 0.485 e. The molecule has 1 aromatic heterocycles. The normalized spacial score (nSPS) is 19.9. The van der Waals surface area contributed by atoms with Crippen molar-refractivity contribution < 1.29 is 19.4 Å². The molecule has 5 nitrogen and oxygen atoms in total. The number of pyridine rings is 1. The van der Waals surface area contributed by atoms with Gasteiger partial charge < -0.3 is 14.6 Å². The van der Waals surface area contributed by atoms with Gasteiger partial charge in [0.2, 0.25) is 0 Å². The summed E-state index contributed by atoms with van der Waals surface area (Å²) in [4.78, 5) is 15.0. The van der Waals surface area contributed by atoms with Crippen LogP contribution in [0.15, 0.2) is 12.1 Å². The van der Waals surface area contributed by atoms with Gasteiger partial charge in [-0.15, -0.1) is 0 Å². The first kappa shape index (κ1) is 11.9. The number of nitrogens with zero attached hydrogens (tertiary/aromatic N) is 1. The predicted octanol–water partition coefficient (Wildman–Crippen LogP) is 1.65. The molecule has 1 aliphatic rings. The fourth-order valence-electron chi connectivity index (χ4n) is 1.78. The maximum absolute atomic E-state index is 11.0. The Kier molecular flexibility index (Phi) is 3.58. The lowest BCUT2D eigenvalue weighted by Crippen LogP contribution is -2.28. The number of ether oxygens (including phenoxy) is 2. The van der Waals surface area contributed by atoms with E-state index in [-0.39, 0.29) is 11.8 Å². The van der Waals surface area contributed by atoms with Crippen LogP contribution in [0.2, 0.25) is 0 Å². The van der Waals surface area contributed by atoms with Gasteiger partial charge in [-0.3, -0.25) is 0 Å². The summed E-state index contributed by atoms with van der Waals surface area (Å²) in [7, 11) is 0. The van der Waals surface area contributed by atoms with E-state index in [9.17, 15) is 4.79 Å². The van der Waals surface area contributed by atoms with E-state index in [1.165, 1.54) is 0 Å². The highest BCUT2D eigenvalue weighted by Crippen LogP contribution is 2.21. The van der Waals surface area contributed by atoms with Crippen LogP contribution >= 0.6 is 0 Å². The van der Waals surface area contributed by atoms with Crippen LogP contribution in [0.25, 0.3) is 0 Å². The minimum Gasteiger partial charge on any atom is -0.485 e. The van der Waals surface area contributed by atoms with Gasteiger partial charge in [-0.2, -0.15) is 0 Å². The van der Waals surface area contributed by atoms with E-state index in [4.69, 9.17) is 14.6 Å². The second-order valence-corrected chi connectivity index (χ2v) is 4.06. The molecule has 1 fully saturated rings. The van der Waals surface area contributed by atoms with Crippen LogP contribution in [0.5, 0.6) is 5.75 Å². The Hall–Kier alpha value is -1.62. The van der Waals surface area contributed by atoms with E-state index in [0.29, 0.717) is 18.1 Å². The zero-order valence-corrected chi connectivity index (χ0v) is 9.68. The molecule has 5 heteroatoms. The fraction of sp³-hybridized carbons (Fsp3) is 0.500. The second-order valence-electron chi connectivity index (χ2n) is 4.06. The molecule has 0 aromatic carbocycles. The number of rotatable bonds is 3. The molecule has 1 aliphatic heterocycles. The maximum Gasteiger partial charge on any atom is 0.358 e. The monoisotopic (exact) mass is 237 g/mol.